The topological polar surface area (TPSA) is 50.9 Å². The number of imidazole rings is 1. The van der Waals surface area contributed by atoms with Gasteiger partial charge in [0.1, 0.15) is 11.6 Å². The van der Waals surface area contributed by atoms with Gasteiger partial charge in [-0.3, -0.25) is 9.55 Å². The fourth-order valence-electron chi connectivity index (χ4n) is 6.81. The molecular weight excluding hydrogens is 854 g/mol. The average molecular weight is 903 g/mol. The van der Waals surface area contributed by atoms with Gasteiger partial charge < -0.3 is 5.11 Å². The van der Waals surface area contributed by atoms with Gasteiger partial charge in [-0.2, -0.15) is 0 Å². The van der Waals surface area contributed by atoms with Gasteiger partial charge in [-0.15, -0.1) is 29.3 Å². The minimum absolute atomic E-state index is 0. The first-order valence-corrected chi connectivity index (χ1v) is 18.1. The van der Waals surface area contributed by atoms with Crippen molar-refractivity contribution in [2.24, 2.45) is 0 Å². The van der Waals surface area contributed by atoms with Gasteiger partial charge in [0, 0.05) is 38.6 Å². The Morgan fingerprint density at radius 3 is 2.02 bits per heavy atom. The quantitative estimate of drug-likeness (QED) is 0.169. The van der Waals surface area contributed by atoms with Crippen molar-refractivity contribution in [1.82, 2.24) is 14.5 Å². The van der Waals surface area contributed by atoms with Gasteiger partial charge in [-0.05, 0) is 75.0 Å². The molecule has 0 aliphatic heterocycles. The number of aromatic nitrogens is 3. The van der Waals surface area contributed by atoms with E-state index >= 15 is 0 Å². The molecule has 2 heterocycles. The van der Waals surface area contributed by atoms with Crippen molar-refractivity contribution in [3.8, 4) is 67.5 Å². The van der Waals surface area contributed by atoms with E-state index in [1.165, 1.54) is 0 Å². The molecule has 0 saturated carbocycles. The molecule has 0 spiro atoms. The molecular formula is C50H44N3OPt-. The largest absolute Gasteiger partial charge is 0.507 e. The molecule has 0 aliphatic carbocycles. The van der Waals surface area contributed by atoms with Crippen LogP contribution in [0, 0.1) is 6.07 Å². The molecule has 0 unspecified atom stereocenters. The van der Waals surface area contributed by atoms with Gasteiger partial charge in [-0.1, -0.05) is 150 Å². The number of fused-ring (bicyclic) bond motifs is 1. The predicted molar refractivity (Wildman–Crippen MR) is 224 cm³/mol. The number of benzene rings is 6. The Hall–Kier alpha value is -5.57. The van der Waals surface area contributed by atoms with Crippen LogP contribution in [0.4, 0.5) is 0 Å². The normalized spacial score (nSPS) is 13.0. The zero-order valence-corrected chi connectivity index (χ0v) is 33.9. The Morgan fingerprint density at radius 2 is 1.29 bits per heavy atom. The van der Waals surface area contributed by atoms with Crippen molar-refractivity contribution in [3.63, 3.8) is 0 Å². The zero-order chi connectivity index (χ0) is 42.0. The summed E-state index contributed by atoms with van der Waals surface area (Å²) in [7, 11) is 0. The van der Waals surface area contributed by atoms with Crippen molar-refractivity contribution in [2.75, 3.05) is 0 Å². The summed E-state index contributed by atoms with van der Waals surface area (Å²) in [6.45, 7) is 13.1. The Labute approximate surface area is 345 Å². The van der Waals surface area contributed by atoms with Gasteiger partial charge in [0.25, 0.3) is 0 Å². The standard InChI is InChI=1S/C50H44N3O.Pt/c1-49(2,3)39-28-37(26-38(29-39)44-31-35(24-25-51-44)33-16-9-7-10-17-33)42-21-15-22-45-47(42)52-48(43-20-13-14-23-46(43)54)53(45)41-30-36(34-18-11-8-12-19-34)27-40(32-41)50(4,5)6;/h7-25,27-32,54H,1-6H3;/q-1;/i7D,9D,10D,16D,17D;. The molecule has 0 aliphatic rings. The summed E-state index contributed by atoms with van der Waals surface area (Å²) in [4.78, 5) is 10.1. The number of pyridine rings is 1. The second kappa shape index (κ2) is 14.9. The number of phenols is 1. The third-order valence-corrected chi connectivity index (χ3v) is 9.83. The molecule has 2 aromatic heterocycles. The van der Waals surface area contributed by atoms with E-state index in [1.807, 2.05) is 48.5 Å². The monoisotopic (exact) mass is 902 g/mol. The Bertz CT molecular complexity index is 2900. The molecule has 0 bridgehead atoms. The van der Waals surface area contributed by atoms with Crippen LogP contribution in [0.3, 0.4) is 0 Å². The number of hydrogen-bond acceptors (Lipinski definition) is 3. The number of nitrogens with zero attached hydrogens (tertiary/aromatic N) is 3. The molecule has 8 rings (SSSR count). The zero-order valence-electron chi connectivity index (χ0n) is 36.7. The van der Waals surface area contributed by atoms with Crippen molar-refractivity contribution in [1.29, 1.82) is 0 Å². The molecule has 1 N–H and O–H groups in total. The van der Waals surface area contributed by atoms with Crippen molar-refractivity contribution in [2.45, 2.75) is 52.4 Å². The summed E-state index contributed by atoms with van der Waals surface area (Å²) in [5.41, 5.74) is 10.4. The van der Waals surface area contributed by atoms with Crippen LogP contribution >= 0.6 is 0 Å². The van der Waals surface area contributed by atoms with E-state index in [4.69, 9.17) is 16.8 Å². The molecule has 0 saturated heterocycles. The van der Waals surface area contributed by atoms with Crippen molar-refractivity contribution >= 4 is 11.0 Å². The summed E-state index contributed by atoms with van der Waals surface area (Å²) in [6.07, 6.45) is 1.60. The first-order chi connectivity index (χ1) is 28.0. The molecule has 6 aromatic carbocycles. The van der Waals surface area contributed by atoms with Crippen LogP contribution in [0.1, 0.15) is 59.5 Å². The average Bonchev–Trinajstić information content (AvgIpc) is 3.61. The molecule has 0 radical (unpaired) electrons. The van der Waals surface area contributed by atoms with Crippen LogP contribution in [-0.2, 0) is 31.9 Å². The third kappa shape index (κ3) is 7.57. The number of para-hydroxylation sites is 2. The van der Waals surface area contributed by atoms with Gasteiger partial charge in [0.2, 0.25) is 0 Å². The number of rotatable bonds is 6. The summed E-state index contributed by atoms with van der Waals surface area (Å²) in [6, 6.07) is 39.8. The Kier molecular flexibility index (Phi) is 8.62. The molecule has 276 valence electrons. The van der Waals surface area contributed by atoms with Crippen LogP contribution in [0.5, 0.6) is 5.75 Å². The number of hydrogen-bond donors (Lipinski definition) is 1. The van der Waals surface area contributed by atoms with Crippen LogP contribution in [0.25, 0.3) is 72.7 Å². The van der Waals surface area contributed by atoms with Crippen LogP contribution in [0.15, 0.2) is 152 Å². The molecule has 8 aromatic rings. The first-order valence-electron chi connectivity index (χ1n) is 20.6. The maximum absolute atomic E-state index is 11.3. The molecule has 0 amide bonds. The summed E-state index contributed by atoms with van der Waals surface area (Å²) >= 11 is 0. The molecule has 5 heteroatoms. The predicted octanol–water partition coefficient (Wildman–Crippen LogP) is 12.9. The van der Waals surface area contributed by atoms with E-state index in [0.717, 1.165) is 50.1 Å². The minimum atomic E-state index is -0.435. The third-order valence-electron chi connectivity index (χ3n) is 9.83. The van der Waals surface area contributed by atoms with E-state index in [-0.39, 0.29) is 67.4 Å². The molecule has 0 atom stereocenters. The maximum atomic E-state index is 11.3. The van der Waals surface area contributed by atoms with Gasteiger partial charge in [0.05, 0.1) is 23.5 Å². The van der Waals surface area contributed by atoms with Crippen LogP contribution in [-0.4, -0.2) is 19.6 Å². The summed E-state index contributed by atoms with van der Waals surface area (Å²) in [5.74, 6) is 0.713. The van der Waals surface area contributed by atoms with E-state index in [9.17, 15) is 5.11 Å². The molecule has 55 heavy (non-hydrogen) atoms. The SMILES string of the molecule is [2H]c1c([2H])c([2H])c(-c2ccnc(-c3[c-]c(-c4cccc5c4nc(-c4ccccc4O)n5-c4cc(-c5ccccc5)cc(C(C)(C)C)c4)cc(C(C)(C)C)c3)c2)c([2H])c1[2H].[Pt]. The number of aromatic hydroxyl groups is 1. The second-order valence-electron chi connectivity index (χ2n) is 15.7. The van der Waals surface area contributed by atoms with Crippen molar-refractivity contribution < 1.29 is 33.0 Å². The van der Waals surface area contributed by atoms with Crippen LogP contribution in [0.2, 0.25) is 0 Å². The fourth-order valence-corrected chi connectivity index (χ4v) is 6.81. The molecule has 0 fully saturated rings. The Morgan fingerprint density at radius 1 is 0.618 bits per heavy atom. The van der Waals surface area contributed by atoms with Gasteiger partial charge in [0.15, 0.2) is 0 Å². The van der Waals surface area contributed by atoms with Crippen LogP contribution < -0.4 is 0 Å². The van der Waals surface area contributed by atoms with E-state index in [1.54, 1.807) is 30.5 Å². The van der Waals surface area contributed by atoms with Gasteiger partial charge in [-0.25, -0.2) is 4.98 Å². The minimum Gasteiger partial charge on any atom is -0.507 e. The number of phenolic OH excluding ortho intramolecular Hbond substituents is 1. The van der Waals surface area contributed by atoms with Crippen molar-refractivity contribution in [3.05, 3.63) is 169 Å². The summed E-state index contributed by atoms with van der Waals surface area (Å²) < 4.78 is 44.0. The Balaban J connectivity index is 0.00000544. The van der Waals surface area contributed by atoms with E-state index in [2.05, 4.69) is 94.6 Å². The van der Waals surface area contributed by atoms with E-state index < -0.39 is 6.04 Å². The summed E-state index contributed by atoms with van der Waals surface area (Å²) in [5, 5.41) is 11.3. The maximum Gasteiger partial charge on any atom is 0.148 e. The van der Waals surface area contributed by atoms with E-state index in [0.29, 0.717) is 28.2 Å². The van der Waals surface area contributed by atoms with Gasteiger partial charge >= 0.3 is 0 Å². The second-order valence-corrected chi connectivity index (χ2v) is 15.7. The molecule has 4 nitrogen and oxygen atoms in total. The fraction of sp³-hybridized carbons (Fsp3) is 0.160. The first kappa shape index (κ1) is 31.7. The smallest absolute Gasteiger partial charge is 0.148 e.